The fourth-order valence-corrected chi connectivity index (χ4v) is 0.465. The van der Waals surface area contributed by atoms with Gasteiger partial charge in [0.05, 0.1) is 7.11 Å². The van der Waals surface area contributed by atoms with Crippen molar-refractivity contribution in [1.82, 2.24) is 0 Å². The first-order valence-corrected chi connectivity index (χ1v) is 3.24. The Hall–Kier alpha value is 0.170. The molecule has 0 amide bonds. The average Bonchev–Trinajstić information content (AvgIpc) is 1.84. The zero-order valence-electron chi connectivity index (χ0n) is 4.50. The van der Waals surface area contributed by atoms with E-state index in [1.807, 2.05) is 0 Å². The number of carbonyl (C=O) groups excluding carboxylic acids is 1. The number of esters is 1. The molecule has 0 aliphatic carbocycles. The highest BCUT2D eigenvalue weighted by atomic mass is 32.1. The van der Waals surface area contributed by atoms with Crippen LogP contribution in [0.15, 0.2) is 0 Å². The van der Waals surface area contributed by atoms with Crippen molar-refractivity contribution in [1.29, 1.82) is 0 Å². The molecule has 0 N–H and O–H groups in total. The lowest BCUT2D eigenvalue weighted by Crippen LogP contribution is -2.17. The Morgan fingerprint density at radius 2 is 2.38 bits per heavy atom. The summed E-state index contributed by atoms with van der Waals surface area (Å²) >= 11 is 7.69. The van der Waals surface area contributed by atoms with Crippen molar-refractivity contribution in [3.05, 3.63) is 0 Å². The van der Waals surface area contributed by atoms with Crippen LogP contribution in [0.5, 0.6) is 0 Å². The smallest absolute Gasteiger partial charge is 0.319 e. The van der Waals surface area contributed by atoms with Crippen molar-refractivity contribution in [2.24, 2.45) is 0 Å². The molecule has 0 spiro atoms. The SMILES string of the molecule is COC(=O)C(S)CS. The highest BCUT2D eigenvalue weighted by molar-refractivity contribution is 7.85. The number of methoxy groups -OCH3 is 1. The number of ether oxygens (including phenoxy) is 1. The Kier molecular flexibility index (Phi) is 4.18. The quantitative estimate of drug-likeness (QED) is 0.442. The lowest BCUT2D eigenvalue weighted by atomic mass is 10.5. The standard InChI is InChI=1S/C4H8O2S2/c1-6-4(5)3(8)2-7/h3,7-8H,2H2,1H3. The zero-order chi connectivity index (χ0) is 6.57. The molecular formula is C4H8O2S2. The van der Waals surface area contributed by atoms with E-state index in [1.54, 1.807) is 0 Å². The molecule has 0 rings (SSSR count). The second kappa shape index (κ2) is 4.09. The third-order valence-corrected chi connectivity index (χ3v) is 1.69. The normalized spacial score (nSPS) is 12.9. The summed E-state index contributed by atoms with van der Waals surface area (Å²) in [4.78, 5) is 10.4. The molecule has 48 valence electrons. The van der Waals surface area contributed by atoms with Crippen LogP contribution in [-0.4, -0.2) is 24.1 Å². The number of thiol groups is 2. The minimum atomic E-state index is -0.386. The molecule has 1 unspecified atom stereocenters. The molecule has 0 aliphatic rings. The van der Waals surface area contributed by atoms with Gasteiger partial charge in [-0.2, -0.15) is 25.3 Å². The maximum Gasteiger partial charge on any atom is 0.319 e. The van der Waals surface area contributed by atoms with E-state index in [0.29, 0.717) is 5.75 Å². The molecule has 0 bridgehead atoms. The Bertz CT molecular complexity index is 84.1. The number of rotatable bonds is 2. The minimum Gasteiger partial charge on any atom is -0.468 e. The van der Waals surface area contributed by atoms with Gasteiger partial charge >= 0.3 is 5.97 Å². The van der Waals surface area contributed by atoms with E-state index in [4.69, 9.17) is 0 Å². The minimum absolute atomic E-state index is 0.330. The Morgan fingerprint density at radius 3 is 2.50 bits per heavy atom. The van der Waals surface area contributed by atoms with Crippen LogP contribution < -0.4 is 0 Å². The van der Waals surface area contributed by atoms with Crippen LogP contribution in [0, 0.1) is 0 Å². The van der Waals surface area contributed by atoms with Crippen molar-refractivity contribution < 1.29 is 9.53 Å². The lowest BCUT2D eigenvalue weighted by Gasteiger charge is -2.01. The van der Waals surface area contributed by atoms with Crippen LogP contribution >= 0.6 is 25.3 Å². The summed E-state index contributed by atoms with van der Waals surface area (Å²) in [7, 11) is 1.33. The molecule has 0 aromatic heterocycles. The predicted octanol–water partition coefficient (Wildman–Crippen LogP) is 0.388. The van der Waals surface area contributed by atoms with Crippen LogP contribution in [0.25, 0.3) is 0 Å². The van der Waals surface area contributed by atoms with Gasteiger partial charge in [-0.05, 0) is 0 Å². The molecular weight excluding hydrogens is 144 g/mol. The molecule has 0 heterocycles. The molecule has 0 aromatic carbocycles. The molecule has 0 fully saturated rings. The summed E-state index contributed by atoms with van der Waals surface area (Å²) in [5, 5.41) is -0.386. The lowest BCUT2D eigenvalue weighted by molar-refractivity contribution is -0.139. The summed E-state index contributed by atoms with van der Waals surface area (Å²) in [5.41, 5.74) is 0. The fourth-order valence-electron chi connectivity index (χ4n) is 0.211. The van der Waals surface area contributed by atoms with Crippen molar-refractivity contribution in [2.75, 3.05) is 12.9 Å². The molecule has 0 aliphatic heterocycles. The van der Waals surface area contributed by atoms with Crippen LogP contribution in [0.2, 0.25) is 0 Å². The molecule has 4 heteroatoms. The van der Waals surface area contributed by atoms with Crippen molar-refractivity contribution >= 4 is 31.2 Å². The Balaban J connectivity index is 3.46. The van der Waals surface area contributed by atoms with E-state index in [1.165, 1.54) is 7.11 Å². The van der Waals surface area contributed by atoms with E-state index in [0.717, 1.165) is 0 Å². The van der Waals surface area contributed by atoms with Crippen molar-refractivity contribution in [3.8, 4) is 0 Å². The van der Waals surface area contributed by atoms with E-state index in [2.05, 4.69) is 30.0 Å². The second-order valence-corrected chi connectivity index (χ2v) is 2.21. The van der Waals surface area contributed by atoms with Gasteiger partial charge < -0.3 is 4.74 Å². The van der Waals surface area contributed by atoms with Crippen LogP contribution in [0.3, 0.4) is 0 Å². The third kappa shape index (κ3) is 2.47. The highest BCUT2D eigenvalue weighted by Crippen LogP contribution is 1.98. The van der Waals surface area contributed by atoms with Crippen molar-refractivity contribution in [3.63, 3.8) is 0 Å². The van der Waals surface area contributed by atoms with Gasteiger partial charge in [-0.15, -0.1) is 0 Å². The molecule has 0 saturated heterocycles. The molecule has 0 radical (unpaired) electrons. The largest absolute Gasteiger partial charge is 0.468 e. The highest BCUT2D eigenvalue weighted by Gasteiger charge is 2.10. The maximum absolute atomic E-state index is 10.4. The van der Waals surface area contributed by atoms with Gasteiger partial charge in [0.1, 0.15) is 5.25 Å². The molecule has 0 saturated carbocycles. The first-order chi connectivity index (χ1) is 3.72. The number of hydrogen-bond donors (Lipinski definition) is 2. The van der Waals surface area contributed by atoms with Gasteiger partial charge in [0, 0.05) is 5.75 Å². The molecule has 8 heavy (non-hydrogen) atoms. The molecule has 1 atom stereocenters. The van der Waals surface area contributed by atoms with E-state index in [-0.39, 0.29) is 11.2 Å². The molecule has 2 nitrogen and oxygen atoms in total. The molecule has 0 aromatic rings. The fraction of sp³-hybridized carbons (Fsp3) is 0.750. The van der Waals surface area contributed by atoms with Gasteiger partial charge in [0.2, 0.25) is 0 Å². The monoisotopic (exact) mass is 152 g/mol. The summed E-state index contributed by atoms with van der Waals surface area (Å²) in [6.07, 6.45) is 0. The van der Waals surface area contributed by atoms with Crippen LogP contribution in [0.4, 0.5) is 0 Å². The maximum atomic E-state index is 10.4. The first-order valence-electron chi connectivity index (χ1n) is 2.09. The van der Waals surface area contributed by atoms with Crippen LogP contribution in [-0.2, 0) is 9.53 Å². The second-order valence-electron chi connectivity index (χ2n) is 1.22. The van der Waals surface area contributed by atoms with E-state index >= 15 is 0 Å². The van der Waals surface area contributed by atoms with Gasteiger partial charge in [-0.1, -0.05) is 0 Å². The van der Waals surface area contributed by atoms with Crippen LogP contribution in [0.1, 0.15) is 0 Å². The van der Waals surface area contributed by atoms with Gasteiger partial charge in [0.25, 0.3) is 0 Å². The number of carbonyl (C=O) groups is 1. The average molecular weight is 152 g/mol. The van der Waals surface area contributed by atoms with Crippen molar-refractivity contribution in [2.45, 2.75) is 5.25 Å². The number of hydrogen-bond acceptors (Lipinski definition) is 4. The topological polar surface area (TPSA) is 26.3 Å². The van der Waals surface area contributed by atoms with Gasteiger partial charge in [0.15, 0.2) is 0 Å². The third-order valence-electron chi connectivity index (χ3n) is 0.646. The first kappa shape index (κ1) is 8.17. The predicted molar refractivity (Wildman–Crippen MR) is 38.6 cm³/mol. The summed E-state index contributed by atoms with van der Waals surface area (Å²) < 4.78 is 4.34. The Labute approximate surface area is 59.4 Å². The van der Waals surface area contributed by atoms with E-state index in [9.17, 15) is 4.79 Å². The summed E-state index contributed by atoms with van der Waals surface area (Å²) in [6.45, 7) is 0. The van der Waals surface area contributed by atoms with E-state index < -0.39 is 0 Å². The van der Waals surface area contributed by atoms with Gasteiger partial charge in [-0.3, -0.25) is 4.79 Å². The summed E-state index contributed by atoms with van der Waals surface area (Å²) in [6, 6.07) is 0. The summed E-state index contributed by atoms with van der Waals surface area (Å²) in [5.74, 6) is 0.0822. The zero-order valence-corrected chi connectivity index (χ0v) is 6.28. The van der Waals surface area contributed by atoms with Gasteiger partial charge in [-0.25, -0.2) is 0 Å². The Morgan fingerprint density at radius 1 is 1.88 bits per heavy atom.